The number of aryl methyl sites for hydroxylation is 1. The molecule has 0 aliphatic heterocycles. The van der Waals surface area contributed by atoms with Crippen LogP contribution >= 0.6 is 7.26 Å². The molecule has 0 saturated heterocycles. The molecule has 0 atom stereocenters. The van der Waals surface area contributed by atoms with Crippen molar-refractivity contribution in [3.8, 4) is 0 Å². The summed E-state index contributed by atoms with van der Waals surface area (Å²) in [5.41, 5.74) is 1.39. The van der Waals surface area contributed by atoms with Gasteiger partial charge in [-0.05, 0) is 60.9 Å². The zero-order valence-electron chi connectivity index (χ0n) is 16.6. The first-order chi connectivity index (χ1) is 14.4. The van der Waals surface area contributed by atoms with E-state index in [4.69, 9.17) is 0 Å². The van der Waals surface area contributed by atoms with E-state index in [9.17, 15) is 0 Å². The average Bonchev–Trinajstić information content (AvgIpc) is 2.82. The Morgan fingerprint density at radius 1 is 0.483 bits per heavy atom. The summed E-state index contributed by atoms with van der Waals surface area (Å²) < 4.78 is 0. The van der Waals surface area contributed by atoms with Crippen LogP contribution in [0.5, 0.6) is 0 Å². The predicted octanol–water partition coefficient (Wildman–Crippen LogP) is 6.13. The SMILES string of the molecule is C(=C\[P+](c1ccccc1)(c1ccccc1)c1ccccc1)/CCc1ccccc1. The van der Waals surface area contributed by atoms with Gasteiger partial charge in [0.2, 0.25) is 0 Å². The second-order valence-electron chi connectivity index (χ2n) is 7.14. The van der Waals surface area contributed by atoms with Gasteiger partial charge in [0, 0.05) is 0 Å². The van der Waals surface area contributed by atoms with Gasteiger partial charge < -0.3 is 0 Å². The molecular weight excluding hydrogens is 367 g/mol. The highest BCUT2D eigenvalue weighted by Gasteiger charge is 2.42. The van der Waals surface area contributed by atoms with Crippen LogP contribution in [0.1, 0.15) is 12.0 Å². The molecule has 4 aromatic rings. The predicted molar refractivity (Wildman–Crippen MR) is 129 cm³/mol. The minimum Gasteiger partial charge on any atom is -0.0622 e. The number of hydrogen-bond acceptors (Lipinski definition) is 0. The van der Waals surface area contributed by atoms with Crippen molar-refractivity contribution in [3.63, 3.8) is 0 Å². The monoisotopic (exact) mass is 393 g/mol. The second-order valence-corrected chi connectivity index (χ2v) is 10.4. The van der Waals surface area contributed by atoms with E-state index in [1.165, 1.54) is 21.5 Å². The Labute approximate surface area is 174 Å². The molecule has 142 valence electrons. The van der Waals surface area contributed by atoms with Crippen LogP contribution in [-0.4, -0.2) is 0 Å². The lowest BCUT2D eigenvalue weighted by Gasteiger charge is -2.24. The van der Waals surface area contributed by atoms with Crippen molar-refractivity contribution in [2.75, 3.05) is 0 Å². The first-order valence-corrected chi connectivity index (χ1v) is 12.0. The maximum absolute atomic E-state index is 2.51. The zero-order chi connectivity index (χ0) is 19.8. The molecule has 4 rings (SSSR count). The molecule has 0 fully saturated rings. The quantitative estimate of drug-likeness (QED) is 0.332. The molecule has 0 radical (unpaired) electrons. The van der Waals surface area contributed by atoms with Gasteiger partial charge in [-0.1, -0.05) is 84.9 Å². The van der Waals surface area contributed by atoms with E-state index < -0.39 is 7.26 Å². The summed E-state index contributed by atoms with van der Waals surface area (Å²) in [6.45, 7) is 0. The fourth-order valence-corrected chi connectivity index (χ4v) is 7.63. The maximum Gasteiger partial charge on any atom is 0.136 e. The summed E-state index contributed by atoms with van der Waals surface area (Å²) in [6.07, 6.45) is 4.50. The minimum absolute atomic E-state index is 1.04. The second kappa shape index (κ2) is 9.50. The Morgan fingerprint density at radius 2 is 0.862 bits per heavy atom. The molecular formula is C28H26P+. The molecule has 29 heavy (non-hydrogen) atoms. The van der Waals surface area contributed by atoms with Crippen LogP contribution in [0.2, 0.25) is 0 Å². The molecule has 0 aromatic heterocycles. The fourth-order valence-electron chi connectivity index (χ4n) is 3.82. The third-order valence-corrected chi connectivity index (χ3v) is 9.26. The van der Waals surface area contributed by atoms with E-state index >= 15 is 0 Å². The van der Waals surface area contributed by atoms with Gasteiger partial charge in [0.15, 0.2) is 0 Å². The Kier molecular flexibility index (Phi) is 6.35. The van der Waals surface area contributed by atoms with Crippen LogP contribution in [0.3, 0.4) is 0 Å². The van der Waals surface area contributed by atoms with Crippen molar-refractivity contribution in [2.24, 2.45) is 0 Å². The van der Waals surface area contributed by atoms with Crippen LogP contribution < -0.4 is 15.9 Å². The van der Waals surface area contributed by atoms with Gasteiger partial charge >= 0.3 is 0 Å². The smallest absolute Gasteiger partial charge is 0.0622 e. The van der Waals surface area contributed by atoms with E-state index in [2.05, 4.69) is 133 Å². The van der Waals surface area contributed by atoms with E-state index in [0.717, 1.165) is 12.8 Å². The van der Waals surface area contributed by atoms with Crippen molar-refractivity contribution < 1.29 is 0 Å². The lowest BCUT2D eigenvalue weighted by Crippen LogP contribution is -2.29. The van der Waals surface area contributed by atoms with Crippen molar-refractivity contribution in [3.05, 3.63) is 139 Å². The first kappa shape index (κ1) is 19.4. The van der Waals surface area contributed by atoms with Crippen LogP contribution in [0.25, 0.3) is 0 Å². The Morgan fingerprint density at radius 3 is 1.28 bits per heavy atom. The zero-order valence-corrected chi connectivity index (χ0v) is 17.5. The number of benzene rings is 4. The first-order valence-electron chi connectivity index (χ1n) is 10.2. The molecule has 0 aliphatic rings. The highest BCUT2D eigenvalue weighted by molar-refractivity contribution is 7.98. The summed E-state index contributed by atoms with van der Waals surface area (Å²) in [5.74, 6) is 2.51. The van der Waals surface area contributed by atoms with Crippen molar-refractivity contribution in [2.45, 2.75) is 12.8 Å². The summed E-state index contributed by atoms with van der Waals surface area (Å²) >= 11 is 0. The van der Waals surface area contributed by atoms with Gasteiger partial charge in [-0.3, -0.25) is 0 Å². The molecule has 0 heterocycles. The Bertz CT molecular complexity index is 926. The molecule has 0 nitrogen and oxygen atoms in total. The van der Waals surface area contributed by atoms with E-state index in [0.29, 0.717) is 0 Å². The van der Waals surface area contributed by atoms with E-state index in [1.54, 1.807) is 0 Å². The van der Waals surface area contributed by atoms with Crippen molar-refractivity contribution in [1.82, 2.24) is 0 Å². The molecule has 0 N–H and O–H groups in total. The molecule has 4 aromatic carbocycles. The third kappa shape index (κ3) is 4.39. The number of rotatable bonds is 7. The molecule has 0 spiro atoms. The lowest BCUT2D eigenvalue weighted by molar-refractivity contribution is 1.00. The largest absolute Gasteiger partial charge is 0.136 e. The van der Waals surface area contributed by atoms with Crippen molar-refractivity contribution in [1.29, 1.82) is 0 Å². The molecule has 0 bridgehead atoms. The van der Waals surface area contributed by atoms with Crippen LogP contribution in [0, 0.1) is 0 Å². The average molecular weight is 393 g/mol. The summed E-state index contributed by atoms with van der Waals surface area (Å²) in [6, 6.07) is 43.7. The van der Waals surface area contributed by atoms with Gasteiger partial charge in [0.25, 0.3) is 0 Å². The molecule has 1 heteroatoms. The lowest BCUT2D eigenvalue weighted by atomic mass is 10.1. The third-order valence-electron chi connectivity index (χ3n) is 5.26. The van der Waals surface area contributed by atoms with Gasteiger partial charge in [0.05, 0.1) is 5.82 Å². The summed E-state index contributed by atoms with van der Waals surface area (Å²) in [5, 5.41) is 4.19. The van der Waals surface area contributed by atoms with Crippen molar-refractivity contribution >= 4 is 23.2 Å². The van der Waals surface area contributed by atoms with E-state index in [1.807, 2.05) is 0 Å². The normalized spacial score (nSPS) is 11.6. The summed E-state index contributed by atoms with van der Waals surface area (Å²) in [7, 11) is -1.86. The van der Waals surface area contributed by atoms with Gasteiger partial charge in [-0.2, -0.15) is 0 Å². The maximum atomic E-state index is 2.51. The fraction of sp³-hybridized carbons (Fsp3) is 0.0714. The molecule has 0 saturated carbocycles. The number of allylic oxidation sites excluding steroid dienone is 1. The minimum atomic E-state index is -1.86. The van der Waals surface area contributed by atoms with Crippen LogP contribution in [0.4, 0.5) is 0 Å². The van der Waals surface area contributed by atoms with Gasteiger partial charge in [-0.15, -0.1) is 0 Å². The molecule has 0 unspecified atom stereocenters. The number of hydrogen-bond donors (Lipinski definition) is 0. The van der Waals surface area contributed by atoms with Crippen LogP contribution in [0.15, 0.2) is 133 Å². The van der Waals surface area contributed by atoms with Crippen LogP contribution in [-0.2, 0) is 6.42 Å². The van der Waals surface area contributed by atoms with Gasteiger partial charge in [-0.25, -0.2) is 0 Å². The topological polar surface area (TPSA) is 0 Å². The molecule has 0 amide bonds. The highest BCUT2D eigenvalue weighted by atomic mass is 31.2. The van der Waals surface area contributed by atoms with Gasteiger partial charge in [0.1, 0.15) is 23.2 Å². The standard InChI is InChI=1S/C28H26P/c1-5-15-25(16-6-1)17-13-14-24-29(26-18-7-2-8-19-26,27-20-9-3-10-21-27)28-22-11-4-12-23-28/h1-12,14-16,18-24H,13,17H2/q+1/b24-14+. The molecule has 0 aliphatic carbocycles. The Balaban J connectivity index is 1.78. The Hall–Kier alpha value is -2.95. The van der Waals surface area contributed by atoms with E-state index in [-0.39, 0.29) is 0 Å². The highest BCUT2D eigenvalue weighted by Crippen LogP contribution is 2.56. The summed E-state index contributed by atoms with van der Waals surface area (Å²) in [4.78, 5) is 0.